The van der Waals surface area contributed by atoms with Crippen molar-refractivity contribution in [2.45, 2.75) is 0 Å². The van der Waals surface area contributed by atoms with Gasteiger partial charge in [0.05, 0.1) is 17.8 Å². The number of methoxy groups -OCH3 is 1. The second-order valence-corrected chi connectivity index (χ2v) is 5.58. The molecule has 2 N–H and O–H groups in total. The maximum atomic E-state index is 13.6. The lowest BCUT2D eigenvalue weighted by Gasteiger charge is -2.09. The van der Waals surface area contributed by atoms with E-state index in [0.29, 0.717) is 16.5 Å². The zero-order chi connectivity index (χ0) is 18.5. The van der Waals surface area contributed by atoms with Crippen LogP contribution in [0.25, 0.3) is 0 Å². The highest BCUT2D eigenvalue weighted by Crippen LogP contribution is 2.28. The van der Waals surface area contributed by atoms with Crippen LogP contribution in [-0.4, -0.2) is 23.0 Å². The molecule has 0 aliphatic rings. The molecule has 2 aromatic carbocycles. The van der Waals surface area contributed by atoms with Crippen LogP contribution in [-0.2, 0) is 0 Å². The third-order valence-electron chi connectivity index (χ3n) is 3.42. The molecule has 6 nitrogen and oxygen atoms in total. The van der Waals surface area contributed by atoms with Gasteiger partial charge in [-0.3, -0.25) is 4.79 Å². The average Bonchev–Trinajstić information content (AvgIpc) is 2.64. The van der Waals surface area contributed by atoms with E-state index in [0.717, 1.165) is 0 Å². The second-order valence-electron chi connectivity index (χ2n) is 5.17. The molecule has 0 aliphatic carbocycles. The van der Waals surface area contributed by atoms with Crippen molar-refractivity contribution in [3.05, 3.63) is 71.3 Å². The molecule has 0 bridgehead atoms. The van der Waals surface area contributed by atoms with Gasteiger partial charge in [-0.05, 0) is 36.4 Å². The lowest BCUT2D eigenvalue weighted by Crippen LogP contribution is -2.15. The van der Waals surface area contributed by atoms with Crippen LogP contribution in [0, 0.1) is 5.82 Å². The minimum atomic E-state index is -0.548. The van der Waals surface area contributed by atoms with E-state index in [4.69, 9.17) is 16.3 Å². The van der Waals surface area contributed by atoms with Crippen LogP contribution in [0.2, 0.25) is 5.02 Å². The fraction of sp³-hybridized carbons (Fsp3) is 0.0556. The number of ether oxygens (including phenoxy) is 1. The Kier molecular flexibility index (Phi) is 5.28. The highest BCUT2D eigenvalue weighted by molar-refractivity contribution is 6.32. The number of para-hydroxylation sites is 1. The molecule has 1 heterocycles. The van der Waals surface area contributed by atoms with E-state index < -0.39 is 11.7 Å². The van der Waals surface area contributed by atoms with Crippen LogP contribution in [0.1, 0.15) is 10.5 Å². The molecule has 3 rings (SSSR count). The summed E-state index contributed by atoms with van der Waals surface area (Å²) >= 11 is 6.08. The van der Waals surface area contributed by atoms with E-state index >= 15 is 0 Å². The minimum absolute atomic E-state index is 0.0764. The van der Waals surface area contributed by atoms with Gasteiger partial charge in [0, 0.05) is 11.9 Å². The van der Waals surface area contributed by atoms with Crippen LogP contribution in [0.15, 0.2) is 54.7 Å². The van der Waals surface area contributed by atoms with Crippen molar-refractivity contribution in [3.63, 3.8) is 0 Å². The number of nitrogens with zero attached hydrogens (tertiary/aromatic N) is 2. The Morgan fingerprint density at radius 1 is 1.19 bits per heavy atom. The molecule has 0 radical (unpaired) electrons. The second kappa shape index (κ2) is 7.79. The summed E-state index contributed by atoms with van der Waals surface area (Å²) in [5.74, 6) is -0.335. The smallest absolute Gasteiger partial charge is 0.274 e. The Bertz CT molecular complexity index is 952. The highest BCUT2D eigenvalue weighted by Gasteiger charge is 2.12. The van der Waals surface area contributed by atoms with E-state index in [9.17, 15) is 9.18 Å². The number of halogens is 2. The van der Waals surface area contributed by atoms with Crippen molar-refractivity contribution in [1.82, 2.24) is 9.97 Å². The number of nitrogens with one attached hydrogen (secondary N) is 2. The third-order valence-corrected chi connectivity index (χ3v) is 3.71. The maximum Gasteiger partial charge on any atom is 0.274 e. The van der Waals surface area contributed by atoms with E-state index in [1.165, 1.54) is 37.6 Å². The van der Waals surface area contributed by atoms with Gasteiger partial charge in [0.2, 0.25) is 5.95 Å². The van der Waals surface area contributed by atoms with Crippen LogP contribution in [0.3, 0.4) is 0 Å². The van der Waals surface area contributed by atoms with Crippen molar-refractivity contribution >= 4 is 34.8 Å². The highest BCUT2D eigenvalue weighted by atomic mass is 35.5. The largest absolute Gasteiger partial charge is 0.495 e. The molecule has 0 saturated carbocycles. The number of carbonyl (C=O) groups is 1. The van der Waals surface area contributed by atoms with E-state index in [2.05, 4.69) is 20.6 Å². The molecule has 132 valence electrons. The summed E-state index contributed by atoms with van der Waals surface area (Å²) in [6.45, 7) is 0. The molecule has 0 fully saturated rings. The average molecular weight is 373 g/mol. The number of hydrogen-bond donors (Lipinski definition) is 2. The van der Waals surface area contributed by atoms with Gasteiger partial charge in [0.25, 0.3) is 5.91 Å². The predicted molar refractivity (Wildman–Crippen MR) is 97.7 cm³/mol. The Morgan fingerprint density at radius 3 is 2.73 bits per heavy atom. The standard InChI is InChI=1S/C18H14ClFN4O2/c1-26-16-7-6-11(10-12(16)19)22-18-21-9-8-15(24-18)17(25)23-14-5-3-2-4-13(14)20/h2-10H,1H3,(H,23,25)(H,21,22,24). The Morgan fingerprint density at radius 2 is 2.00 bits per heavy atom. The molecule has 26 heavy (non-hydrogen) atoms. The number of hydrogen-bond acceptors (Lipinski definition) is 5. The van der Waals surface area contributed by atoms with Gasteiger partial charge in [-0.15, -0.1) is 0 Å². The Balaban J connectivity index is 1.76. The quantitative estimate of drug-likeness (QED) is 0.699. The Labute approximate surface area is 154 Å². The van der Waals surface area contributed by atoms with Gasteiger partial charge >= 0.3 is 0 Å². The first-order valence-corrected chi connectivity index (χ1v) is 7.94. The molecular formula is C18H14ClFN4O2. The van der Waals surface area contributed by atoms with Gasteiger partial charge in [-0.1, -0.05) is 23.7 Å². The molecule has 0 aliphatic heterocycles. The van der Waals surface area contributed by atoms with Crippen LogP contribution >= 0.6 is 11.6 Å². The maximum absolute atomic E-state index is 13.6. The van der Waals surface area contributed by atoms with Crippen molar-refractivity contribution in [1.29, 1.82) is 0 Å². The molecule has 3 aromatic rings. The zero-order valence-corrected chi connectivity index (χ0v) is 14.4. The summed E-state index contributed by atoms with van der Waals surface area (Å²) in [5, 5.41) is 5.84. The number of amides is 1. The lowest BCUT2D eigenvalue weighted by atomic mass is 10.3. The molecule has 1 aromatic heterocycles. The number of benzene rings is 2. The number of rotatable bonds is 5. The van der Waals surface area contributed by atoms with Crippen molar-refractivity contribution in [3.8, 4) is 5.75 Å². The number of carbonyl (C=O) groups excluding carboxylic acids is 1. The Hall–Kier alpha value is -3.19. The van der Waals surface area contributed by atoms with Gasteiger partial charge in [0.15, 0.2) is 0 Å². The number of anilines is 3. The monoisotopic (exact) mass is 372 g/mol. The lowest BCUT2D eigenvalue weighted by molar-refractivity contribution is 0.102. The fourth-order valence-corrected chi connectivity index (χ4v) is 2.43. The molecule has 0 saturated heterocycles. The summed E-state index contributed by atoms with van der Waals surface area (Å²) in [6, 6.07) is 12.4. The molecule has 0 unspecified atom stereocenters. The SMILES string of the molecule is COc1ccc(Nc2nccc(C(=O)Nc3ccccc3F)n2)cc1Cl. The topological polar surface area (TPSA) is 76.1 Å². The van der Waals surface area contributed by atoms with Crippen molar-refractivity contribution in [2.75, 3.05) is 17.7 Å². The van der Waals surface area contributed by atoms with Gasteiger partial charge in [0.1, 0.15) is 17.3 Å². The van der Waals surface area contributed by atoms with E-state index in [-0.39, 0.29) is 17.3 Å². The van der Waals surface area contributed by atoms with E-state index in [1.54, 1.807) is 24.3 Å². The summed E-state index contributed by atoms with van der Waals surface area (Å²) in [6.07, 6.45) is 1.43. The first kappa shape index (κ1) is 17.6. The van der Waals surface area contributed by atoms with Crippen molar-refractivity contribution < 1.29 is 13.9 Å². The van der Waals surface area contributed by atoms with Gasteiger partial charge < -0.3 is 15.4 Å². The fourth-order valence-electron chi connectivity index (χ4n) is 2.17. The number of aromatic nitrogens is 2. The summed E-state index contributed by atoms with van der Waals surface area (Å²) in [7, 11) is 1.52. The minimum Gasteiger partial charge on any atom is -0.495 e. The molecular weight excluding hydrogens is 359 g/mol. The van der Waals surface area contributed by atoms with E-state index in [1.807, 2.05) is 0 Å². The molecule has 1 amide bonds. The first-order chi connectivity index (χ1) is 12.6. The van der Waals surface area contributed by atoms with Gasteiger partial charge in [-0.2, -0.15) is 0 Å². The molecule has 0 spiro atoms. The zero-order valence-electron chi connectivity index (χ0n) is 13.7. The third kappa shape index (κ3) is 4.07. The summed E-state index contributed by atoms with van der Waals surface area (Å²) in [5.41, 5.74) is 0.792. The first-order valence-electron chi connectivity index (χ1n) is 7.56. The molecule has 8 heteroatoms. The van der Waals surface area contributed by atoms with Gasteiger partial charge in [-0.25, -0.2) is 14.4 Å². The molecule has 0 atom stereocenters. The van der Waals surface area contributed by atoms with Crippen LogP contribution in [0.5, 0.6) is 5.75 Å². The van der Waals surface area contributed by atoms with Crippen LogP contribution < -0.4 is 15.4 Å². The normalized spacial score (nSPS) is 10.3. The predicted octanol–water partition coefficient (Wildman–Crippen LogP) is 4.27. The van der Waals surface area contributed by atoms with Crippen LogP contribution in [0.4, 0.5) is 21.7 Å². The summed E-state index contributed by atoms with van der Waals surface area (Å²) in [4.78, 5) is 20.5. The van der Waals surface area contributed by atoms with Crippen molar-refractivity contribution in [2.24, 2.45) is 0 Å². The summed E-state index contributed by atoms with van der Waals surface area (Å²) < 4.78 is 18.7.